The molecule has 2 rings (SSSR count). The molecule has 1 amide bonds. The number of carbonyl (C=O) groups is 1. The van der Waals surface area contributed by atoms with Crippen LogP contribution in [-0.2, 0) is 11.3 Å². The minimum absolute atomic E-state index is 0. The Kier molecular flexibility index (Phi) is 4.31. The average molecular weight is 272 g/mol. The molecule has 1 aromatic heterocycles. The Morgan fingerprint density at radius 1 is 1.53 bits per heavy atom. The predicted octanol–water partition coefficient (Wildman–Crippen LogP) is 2.58. The number of rotatable bonds is 2. The van der Waals surface area contributed by atoms with Crippen molar-refractivity contribution >= 4 is 45.6 Å². The molecular formula is C11H14ClN3OS. The zero-order chi connectivity index (χ0) is 11.7. The Bertz CT molecular complexity index is 602. The van der Waals surface area contributed by atoms with Crippen molar-refractivity contribution in [3.63, 3.8) is 0 Å². The Morgan fingerprint density at radius 2 is 2.24 bits per heavy atom. The van der Waals surface area contributed by atoms with E-state index in [0.29, 0.717) is 4.80 Å². The number of hydrogen-bond donors (Lipinski definition) is 2. The molecule has 0 aliphatic carbocycles. The smallest absolute Gasteiger partial charge is 0.221 e. The van der Waals surface area contributed by atoms with Crippen LogP contribution in [0.1, 0.15) is 13.8 Å². The largest absolute Gasteiger partial charge is 0.326 e. The third-order valence-electron chi connectivity index (χ3n) is 2.34. The van der Waals surface area contributed by atoms with Crippen LogP contribution in [-0.4, -0.2) is 10.5 Å². The van der Waals surface area contributed by atoms with Crippen molar-refractivity contribution in [3.05, 3.63) is 23.0 Å². The number of thiazole rings is 1. The van der Waals surface area contributed by atoms with Crippen molar-refractivity contribution in [2.45, 2.75) is 20.4 Å². The molecule has 17 heavy (non-hydrogen) atoms. The van der Waals surface area contributed by atoms with Crippen LogP contribution in [0.5, 0.6) is 0 Å². The van der Waals surface area contributed by atoms with Crippen molar-refractivity contribution in [2.75, 3.05) is 5.32 Å². The fourth-order valence-electron chi connectivity index (χ4n) is 1.68. The van der Waals surface area contributed by atoms with Crippen LogP contribution in [0.15, 0.2) is 18.2 Å². The number of benzene rings is 1. The van der Waals surface area contributed by atoms with E-state index in [0.717, 1.165) is 22.4 Å². The van der Waals surface area contributed by atoms with Gasteiger partial charge in [0.2, 0.25) is 5.91 Å². The summed E-state index contributed by atoms with van der Waals surface area (Å²) < 4.78 is 2.97. The van der Waals surface area contributed by atoms with Gasteiger partial charge < -0.3 is 9.88 Å². The molecule has 2 N–H and O–H groups in total. The highest BCUT2D eigenvalue weighted by Crippen LogP contribution is 2.21. The van der Waals surface area contributed by atoms with Crippen molar-refractivity contribution in [2.24, 2.45) is 0 Å². The van der Waals surface area contributed by atoms with Crippen LogP contribution in [0.25, 0.3) is 10.2 Å². The molecule has 0 aliphatic rings. The van der Waals surface area contributed by atoms with Gasteiger partial charge in [-0.3, -0.25) is 10.2 Å². The van der Waals surface area contributed by atoms with Gasteiger partial charge >= 0.3 is 0 Å². The third-order valence-corrected chi connectivity index (χ3v) is 3.30. The summed E-state index contributed by atoms with van der Waals surface area (Å²) in [7, 11) is 0. The van der Waals surface area contributed by atoms with E-state index in [1.165, 1.54) is 18.3 Å². The fourth-order valence-corrected chi connectivity index (χ4v) is 2.70. The highest BCUT2D eigenvalue weighted by Gasteiger charge is 2.05. The number of aryl methyl sites for hydroxylation is 1. The standard InChI is InChI=1S/C11H13N3OS.ClH/c1-3-14-9-5-4-8(13-7(2)15)6-10(9)16-11(14)12;/h4-6,12H,3H2,1-2H3,(H,13,15);1H. The summed E-state index contributed by atoms with van der Waals surface area (Å²) in [4.78, 5) is 11.5. The van der Waals surface area contributed by atoms with Gasteiger partial charge in [0.15, 0.2) is 4.80 Å². The average Bonchev–Trinajstić information content (AvgIpc) is 2.51. The van der Waals surface area contributed by atoms with Crippen LogP contribution in [0.2, 0.25) is 0 Å². The van der Waals surface area contributed by atoms with Crippen molar-refractivity contribution in [1.82, 2.24) is 4.57 Å². The molecule has 0 fully saturated rings. The number of aromatic nitrogens is 1. The van der Waals surface area contributed by atoms with Gasteiger partial charge in [-0.25, -0.2) is 0 Å². The summed E-state index contributed by atoms with van der Waals surface area (Å²) in [6.45, 7) is 4.30. The first-order valence-corrected chi connectivity index (χ1v) is 5.89. The number of fused-ring (bicyclic) bond motifs is 1. The maximum Gasteiger partial charge on any atom is 0.221 e. The summed E-state index contributed by atoms with van der Waals surface area (Å²) >= 11 is 1.42. The normalized spacial score (nSPS) is 10.0. The van der Waals surface area contributed by atoms with E-state index in [4.69, 9.17) is 5.41 Å². The van der Waals surface area contributed by atoms with E-state index in [1.54, 1.807) is 0 Å². The van der Waals surface area contributed by atoms with Gasteiger partial charge in [0.25, 0.3) is 0 Å². The molecule has 0 unspecified atom stereocenters. The Morgan fingerprint density at radius 3 is 2.82 bits per heavy atom. The summed E-state index contributed by atoms with van der Waals surface area (Å²) in [6.07, 6.45) is 0. The summed E-state index contributed by atoms with van der Waals surface area (Å²) in [5.74, 6) is -0.0784. The minimum Gasteiger partial charge on any atom is -0.326 e. The summed E-state index contributed by atoms with van der Waals surface area (Å²) in [6, 6.07) is 5.71. The topological polar surface area (TPSA) is 57.9 Å². The van der Waals surface area contributed by atoms with Gasteiger partial charge in [0, 0.05) is 19.2 Å². The van der Waals surface area contributed by atoms with Crippen molar-refractivity contribution < 1.29 is 4.79 Å². The number of carbonyl (C=O) groups excluding carboxylic acids is 1. The fraction of sp³-hybridized carbons (Fsp3) is 0.273. The van der Waals surface area contributed by atoms with Gasteiger partial charge in [-0.15, -0.1) is 12.4 Å². The molecule has 92 valence electrons. The SMILES string of the molecule is CCn1c(=N)sc2cc(NC(C)=O)ccc21.Cl. The molecule has 0 saturated heterocycles. The predicted molar refractivity (Wildman–Crippen MR) is 72.9 cm³/mol. The third kappa shape index (κ3) is 2.68. The first-order chi connectivity index (χ1) is 7.61. The minimum atomic E-state index is -0.0784. The van der Waals surface area contributed by atoms with Gasteiger partial charge in [-0.1, -0.05) is 11.3 Å². The molecule has 1 aromatic carbocycles. The lowest BCUT2D eigenvalue weighted by Gasteiger charge is -2.03. The van der Waals surface area contributed by atoms with E-state index in [1.807, 2.05) is 29.7 Å². The molecule has 1 heterocycles. The van der Waals surface area contributed by atoms with Crippen molar-refractivity contribution in [3.8, 4) is 0 Å². The van der Waals surface area contributed by atoms with E-state index in [-0.39, 0.29) is 18.3 Å². The van der Waals surface area contributed by atoms with Crippen LogP contribution in [0.3, 0.4) is 0 Å². The van der Waals surface area contributed by atoms with Crippen LogP contribution < -0.4 is 10.1 Å². The van der Waals surface area contributed by atoms with Crippen LogP contribution in [0, 0.1) is 5.41 Å². The molecular weight excluding hydrogens is 258 g/mol. The molecule has 0 spiro atoms. The van der Waals surface area contributed by atoms with E-state index in [9.17, 15) is 4.79 Å². The monoisotopic (exact) mass is 271 g/mol. The van der Waals surface area contributed by atoms with E-state index >= 15 is 0 Å². The molecule has 2 aromatic rings. The Hall–Kier alpha value is -1.33. The maximum absolute atomic E-state index is 10.9. The number of halogens is 1. The molecule has 0 bridgehead atoms. The zero-order valence-corrected chi connectivity index (χ0v) is 11.2. The number of nitrogens with one attached hydrogen (secondary N) is 2. The number of anilines is 1. The number of amides is 1. The second kappa shape index (κ2) is 5.33. The highest BCUT2D eigenvalue weighted by atomic mass is 35.5. The molecule has 0 aliphatic heterocycles. The second-order valence-electron chi connectivity index (χ2n) is 3.52. The molecule has 0 atom stereocenters. The first-order valence-electron chi connectivity index (χ1n) is 5.07. The first kappa shape index (κ1) is 13.7. The number of nitrogens with zero attached hydrogens (tertiary/aromatic N) is 1. The Labute approximate surface area is 109 Å². The Balaban J connectivity index is 0.00000144. The van der Waals surface area contributed by atoms with Crippen molar-refractivity contribution in [1.29, 1.82) is 5.41 Å². The second-order valence-corrected chi connectivity index (χ2v) is 4.55. The number of hydrogen-bond acceptors (Lipinski definition) is 3. The van der Waals surface area contributed by atoms with Gasteiger partial charge in [-0.2, -0.15) is 0 Å². The van der Waals surface area contributed by atoms with Gasteiger partial charge in [0.1, 0.15) is 0 Å². The zero-order valence-electron chi connectivity index (χ0n) is 9.61. The molecule has 0 radical (unpaired) electrons. The van der Waals surface area contributed by atoms with E-state index in [2.05, 4.69) is 5.32 Å². The summed E-state index contributed by atoms with van der Waals surface area (Å²) in [5.41, 5.74) is 1.83. The lowest BCUT2D eigenvalue weighted by Crippen LogP contribution is -2.10. The van der Waals surface area contributed by atoms with Crippen LogP contribution in [0.4, 0.5) is 5.69 Å². The maximum atomic E-state index is 10.9. The van der Waals surface area contributed by atoms with Gasteiger partial charge in [0.05, 0.1) is 10.2 Å². The van der Waals surface area contributed by atoms with Crippen LogP contribution >= 0.6 is 23.7 Å². The molecule has 0 saturated carbocycles. The molecule has 4 nitrogen and oxygen atoms in total. The quantitative estimate of drug-likeness (QED) is 0.867. The molecule has 6 heteroatoms. The van der Waals surface area contributed by atoms with Gasteiger partial charge in [-0.05, 0) is 25.1 Å². The lowest BCUT2D eigenvalue weighted by atomic mass is 10.3. The lowest BCUT2D eigenvalue weighted by molar-refractivity contribution is -0.114. The highest BCUT2D eigenvalue weighted by molar-refractivity contribution is 7.16. The van der Waals surface area contributed by atoms with E-state index < -0.39 is 0 Å². The summed E-state index contributed by atoms with van der Waals surface area (Å²) in [5, 5.41) is 10.5.